The molecule has 1 N–H and O–H groups in total. The lowest BCUT2D eigenvalue weighted by molar-refractivity contribution is -0.144. The van der Waals surface area contributed by atoms with Crippen LogP contribution in [0.4, 0.5) is 4.79 Å². The summed E-state index contributed by atoms with van der Waals surface area (Å²) < 4.78 is 27.7. The number of esters is 1. The Kier molecular flexibility index (Phi) is 8.61. The average molecular weight is 550 g/mol. The molecule has 9 nitrogen and oxygen atoms in total. The Bertz CT molecular complexity index is 1100. The van der Waals surface area contributed by atoms with E-state index in [9.17, 15) is 14.4 Å². The maximum absolute atomic E-state index is 13.5. The number of rotatable bonds is 8. The molecular weight excluding hydrogens is 522 g/mol. The number of nitrogens with one attached hydrogen (secondary N) is 1. The number of benzene rings is 2. The van der Waals surface area contributed by atoms with Gasteiger partial charge in [0, 0.05) is 0 Å². The van der Waals surface area contributed by atoms with Crippen LogP contribution in [0.1, 0.15) is 42.3 Å². The second-order valence-corrected chi connectivity index (χ2v) is 8.87. The maximum Gasteiger partial charge on any atom is 0.408 e. The van der Waals surface area contributed by atoms with Crippen molar-refractivity contribution in [3.05, 3.63) is 52.0 Å². The van der Waals surface area contributed by atoms with Crippen LogP contribution in [0.15, 0.2) is 40.9 Å². The number of ether oxygens (including phenoxy) is 5. The van der Waals surface area contributed by atoms with Crippen LogP contribution in [-0.4, -0.2) is 51.3 Å². The van der Waals surface area contributed by atoms with Gasteiger partial charge in [-0.25, -0.2) is 9.59 Å². The molecule has 1 amide bonds. The van der Waals surface area contributed by atoms with E-state index in [2.05, 4.69) is 21.2 Å². The molecule has 0 saturated carbocycles. The van der Waals surface area contributed by atoms with E-state index in [1.807, 2.05) is 6.92 Å². The largest absolute Gasteiger partial charge is 0.497 e. The quantitative estimate of drug-likeness (QED) is 0.480. The molecule has 1 aliphatic heterocycles. The second-order valence-electron chi connectivity index (χ2n) is 8.02. The van der Waals surface area contributed by atoms with E-state index in [1.54, 1.807) is 37.3 Å². The van der Waals surface area contributed by atoms with Gasteiger partial charge in [0.2, 0.25) is 11.9 Å². The molecule has 0 fully saturated rings. The lowest BCUT2D eigenvalue weighted by Gasteiger charge is -2.33. The minimum Gasteiger partial charge on any atom is -0.497 e. The number of halogens is 1. The molecule has 0 bridgehead atoms. The Hall–Kier alpha value is -3.27. The van der Waals surface area contributed by atoms with Crippen molar-refractivity contribution in [2.75, 3.05) is 21.3 Å². The number of ketones is 1. The fraction of sp³-hybridized carbons (Fsp3) is 0.400. The van der Waals surface area contributed by atoms with Crippen LogP contribution in [0, 0.1) is 5.92 Å². The minimum atomic E-state index is -1.33. The van der Waals surface area contributed by atoms with E-state index < -0.39 is 36.1 Å². The lowest BCUT2D eigenvalue weighted by atomic mass is 9.93. The fourth-order valence-corrected chi connectivity index (χ4v) is 4.27. The molecule has 0 unspecified atom stereocenters. The number of hydrogen-bond donors (Lipinski definition) is 1. The Balaban J connectivity index is 1.96. The first kappa shape index (κ1) is 26.3. The molecule has 4 atom stereocenters. The SMILES string of the molecule is CC[C@H](C)[C@@H](NC(=O)O[C@H]1C(=O)c2cc(OC)ccc2O[C@@H]1c1ccc(OC)c(Br)c1)C(=O)OC. The zero-order chi connectivity index (χ0) is 25.7. The topological polar surface area (TPSA) is 109 Å². The highest BCUT2D eigenvalue weighted by atomic mass is 79.9. The number of Topliss-reactive ketones (excluding diaryl/α,β-unsaturated/α-hetero) is 1. The van der Waals surface area contributed by atoms with Crippen LogP contribution in [0.25, 0.3) is 0 Å². The molecule has 0 spiro atoms. The van der Waals surface area contributed by atoms with Crippen molar-refractivity contribution in [3.8, 4) is 17.2 Å². The fourth-order valence-electron chi connectivity index (χ4n) is 3.71. The maximum atomic E-state index is 13.5. The molecule has 0 aromatic heterocycles. The summed E-state index contributed by atoms with van der Waals surface area (Å²) in [6.45, 7) is 3.69. The number of fused-ring (bicyclic) bond motifs is 1. The summed E-state index contributed by atoms with van der Waals surface area (Å²) in [5, 5.41) is 2.54. The first-order chi connectivity index (χ1) is 16.7. The third kappa shape index (κ3) is 5.70. The number of amides is 1. The zero-order valence-electron chi connectivity index (χ0n) is 20.1. The number of carbonyl (C=O) groups is 3. The van der Waals surface area contributed by atoms with Crippen LogP contribution >= 0.6 is 15.9 Å². The van der Waals surface area contributed by atoms with Gasteiger partial charge >= 0.3 is 12.1 Å². The van der Waals surface area contributed by atoms with Gasteiger partial charge in [0.25, 0.3) is 0 Å². The first-order valence-electron chi connectivity index (χ1n) is 11.0. The summed E-state index contributed by atoms with van der Waals surface area (Å²) in [6, 6.07) is 9.07. The van der Waals surface area contributed by atoms with Crippen LogP contribution in [0.3, 0.4) is 0 Å². The normalized spacial score (nSPS) is 18.4. The number of hydrogen-bond acceptors (Lipinski definition) is 8. The predicted octanol–water partition coefficient (Wildman–Crippen LogP) is 4.47. The Morgan fingerprint density at radius 2 is 1.86 bits per heavy atom. The Morgan fingerprint density at radius 3 is 2.46 bits per heavy atom. The average Bonchev–Trinajstić information content (AvgIpc) is 2.87. The molecule has 0 aliphatic carbocycles. The van der Waals surface area contributed by atoms with Crippen molar-refractivity contribution in [1.82, 2.24) is 5.32 Å². The summed E-state index contributed by atoms with van der Waals surface area (Å²) in [7, 11) is 4.26. The molecule has 3 rings (SSSR count). The lowest BCUT2D eigenvalue weighted by Crippen LogP contribution is -2.49. The highest BCUT2D eigenvalue weighted by Gasteiger charge is 2.42. The predicted molar refractivity (Wildman–Crippen MR) is 130 cm³/mol. The van der Waals surface area contributed by atoms with E-state index in [4.69, 9.17) is 23.7 Å². The van der Waals surface area contributed by atoms with Crippen LogP contribution < -0.4 is 19.5 Å². The first-order valence-corrected chi connectivity index (χ1v) is 11.8. The van der Waals surface area contributed by atoms with Gasteiger partial charge < -0.3 is 29.0 Å². The van der Waals surface area contributed by atoms with E-state index >= 15 is 0 Å². The third-order valence-electron chi connectivity index (χ3n) is 5.92. The van der Waals surface area contributed by atoms with Gasteiger partial charge in [0.15, 0.2) is 6.10 Å². The number of alkyl carbamates (subject to hydrolysis) is 1. The number of carbonyl (C=O) groups excluding carboxylic acids is 3. The summed E-state index contributed by atoms with van der Waals surface area (Å²) in [6.07, 6.45) is -2.60. The Morgan fingerprint density at radius 1 is 1.11 bits per heavy atom. The number of methoxy groups -OCH3 is 3. The van der Waals surface area contributed by atoms with Crippen molar-refractivity contribution in [1.29, 1.82) is 0 Å². The van der Waals surface area contributed by atoms with E-state index in [0.717, 1.165) is 0 Å². The van der Waals surface area contributed by atoms with Crippen molar-refractivity contribution >= 4 is 33.8 Å². The smallest absolute Gasteiger partial charge is 0.408 e. The molecule has 1 heterocycles. The standard InChI is InChI=1S/C25H28BrNO8/c1-6-13(2)20(24(29)33-5)27-25(30)35-23-21(28)16-12-15(31-3)8-10-18(16)34-22(23)14-7-9-19(32-4)17(26)11-14/h7-13,20,22-23H,6H2,1-5H3,(H,27,30)/t13-,20+,22+,23-/m0/s1. The summed E-state index contributed by atoms with van der Waals surface area (Å²) in [5.41, 5.74) is 0.800. The second kappa shape index (κ2) is 11.4. The summed E-state index contributed by atoms with van der Waals surface area (Å²) in [5.74, 6) is 0.0955. The third-order valence-corrected chi connectivity index (χ3v) is 6.54. The van der Waals surface area contributed by atoms with Gasteiger partial charge in [-0.1, -0.05) is 26.3 Å². The van der Waals surface area contributed by atoms with Gasteiger partial charge in [-0.2, -0.15) is 0 Å². The molecule has 1 aliphatic rings. The van der Waals surface area contributed by atoms with Crippen LogP contribution in [0.5, 0.6) is 17.2 Å². The van der Waals surface area contributed by atoms with E-state index in [1.165, 1.54) is 27.4 Å². The molecule has 0 saturated heterocycles. The summed E-state index contributed by atoms with van der Waals surface area (Å²) >= 11 is 3.44. The molecule has 2 aromatic carbocycles. The van der Waals surface area contributed by atoms with Gasteiger partial charge in [-0.05, 0) is 57.7 Å². The molecule has 2 aromatic rings. The van der Waals surface area contributed by atoms with Crippen LogP contribution in [-0.2, 0) is 14.3 Å². The molecule has 10 heteroatoms. The van der Waals surface area contributed by atoms with Crippen LogP contribution in [0.2, 0.25) is 0 Å². The van der Waals surface area contributed by atoms with Gasteiger partial charge in [-0.3, -0.25) is 4.79 Å². The Labute approximate surface area is 212 Å². The van der Waals surface area contributed by atoms with Crippen molar-refractivity contribution in [2.45, 2.75) is 38.5 Å². The van der Waals surface area contributed by atoms with E-state index in [0.29, 0.717) is 33.7 Å². The van der Waals surface area contributed by atoms with Crippen molar-refractivity contribution in [2.24, 2.45) is 5.92 Å². The summed E-state index contributed by atoms with van der Waals surface area (Å²) in [4.78, 5) is 38.6. The van der Waals surface area contributed by atoms with Gasteiger partial charge in [0.1, 0.15) is 23.3 Å². The van der Waals surface area contributed by atoms with E-state index in [-0.39, 0.29) is 11.5 Å². The molecule has 188 valence electrons. The van der Waals surface area contributed by atoms with Crippen molar-refractivity contribution in [3.63, 3.8) is 0 Å². The highest BCUT2D eigenvalue weighted by Crippen LogP contribution is 2.40. The van der Waals surface area contributed by atoms with Crippen molar-refractivity contribution < 1.29 is 38.1 Å². The van der Waals surface area contributed by atoms with Gasteiger partial charge in [-0.15, -0.1) is 0 Å². The highest BCUT2D eigenvalue weighted by molar-refractivity contribution is 9.10. The molecule has 0 radical (unpaired) electrons. The minimum absolute atomic E-state index is 0.216. The zero-order valence-corrected chi connectivity index (χ0v) is 21.7. The monoisotopic (exact) mass is 549 g/mol. The van der Waals surface area contributed by atoms with Gasteiger partial charge in [0.05, 0.1) is 31.4 Å². The molecule has 35 heavy (non-hydrogen) atoms. The molecular formula is C25H28BrNO8.